The monoisotopic (exact) mass is 319 g/mol. The normalized spacial score (nSPS) is 10.7. The van der Waals surface area contributed by atoms with Gasteiger partial charge < -0.3 is 15.8 Å². The molecular weight excluding hydrogens is 306 g/mol. The number of fused-ring (bicyclic) bond motifs is 1. The predicted octanol–water partition coefficient (Wildman–Crippen LogP) is 3.13. The largest absolute Gasteiger partial charge is 0.494 e. The number of nitrogens with one attached hydrogen (secondary N) is 1. The summed E-state index contributed by atoms with van der Waals surface area (Å²) in [4.78, 5) is 16.4. The Bertz CT molecular complexity index is 781. The molecule has 0 bridgehead atoms. The summed E-state index contributed by atoms with van der Waals surface area (Å²) >= 11 is 2.96. The maximum atomic E-state index is 12.0. The zero-order valence-electron chi connectivity index (χ0n) is 11.3. The van der Waals surface area contributed by atoms with Gasteiger partial charge in [-0.1, -0.05) is 11.3 Å². The molecule has 3 aromatic rings. The highest BCUT2D eigenvalue weighted by molar-refractivity contribution is 7.22. The van der Waals surface area contributed by atoms with Crippen LogP contribution >= 0.6 is 22.7 Å². The van der Waals surface area contributed by atoms with Crippen molar-refractivity contribution in [3.63, 3.8) is 0 Å². The van der Waals surface area contributed by atoms with Crippen LogP contribution in [0.2, 0.25) is 0 Å². The molecule has 0 saturated carbocycles. The van der Waals surface area contributed by atoms with Gasteiger partial charge in [-0.2, -0.15) is 11.3 Å². The van der Waals surface area contributed by atoms with Gasteiger partial charge in [-0.05, 0) is 28.5 Å². The number of hydrogen-bond acceptors (Lipinski definition) is 6. The van der Waals surface area contributed by atoms with Crippen LogP contribution in [-0.2, 0) is 11.2 Å². The van der Waals surface area contributed by atoms with E-state index in [1.807, 2.05) is 22.9 Å². The number of thiazole rings is 1. The van der Waals surface area contributed by atoms with E-state index in [0.29, 0.717) is 28.5 Å². The molecule has 0 unspecified atom stereocenters. The highest BCUT2D eigenvalue weighted by Gasteiger charge is 2.12. The summed E-state index contributed by atoms with van der Waals surface area (Å²) in [5, 5.41) is 7.28. The third-order valence-electron chi connectivity index (χ3n) is 2.89. The number of carbonyl (C=O) groups is 1. The molecule has 108 valence electrons. The maximum absolute atomic E-state index is 12.0. The third-order valence-corrected chi connectivity index (χ3v) is 4.54. The van der Waals surface area contributed by atoms with Crippen molar-refractivity contribution in [3.8, 4) is 5.75 Å². The fourth-order valence-corrected chi connectivity index (χ4v) is 3.59. The molecule has 7 heteroatoms. The number of ether oxygens (including phenoxy) is 1. The Hall–Kier alpha value is -2.12. The highest BCUT2D eigenvalue weighted by atomic mass is 32.1. The Balaban J connectivity index is 1.83. The molecule has 1 amide bonds. The van der Waals surface area contributed by atoms with Crippen molar-refractivity contribution in [3.05, 3.63) is 34.5 Å². The average Bonchev–Trinajstić information content (AvgIpc) is 3.06. The van der Waals surface area contributed by atoms with Crippen LogP contribution in [0.25, 0.3) is 10.2 Å². The molecule has 0 aliphatic heterocycles. The van der Waals surface area contributed by atoms with Crippen LogP contribution in [0.1, 0.15) is 5.56 Å². The summed E-state index contributed by atoms with van der Waals surface area (Å²) in [6, 6.07) is 5.48. The molecule has 3 rings (SSSR count). The second-order valence-corrected chi connectivity index (χ2v) is 6.26. The van der Waals surface area contributed by atoms with Crippen molar-refractivity contribution in [1.29, 1.82) is 0 Å². The van der Waals surface area contributed by atoms with Gasteiger partial charge in [-0.25, -0.2) is 4.98 Å². The molecule has 2 aromatic heterocycles. The fraction of sp³-hybridized carbons (Fsp3) is 0.143. The minimum Gasteiger partial charge on any atom is -0.494 e. The van der Waals surface area contributed by atoms with E-state index in [9.17, 15) is 4.79 Å². The molecule has 2 heterocycles. The van der Waals surface area contributed by atoms with Crippen molar-refractivity contribution >= 4 is 49.6 Å². The lowest BCUT2D eigenvalue weighted by Gasteiger charge is -2.01. The summed E-state index contributed by atoms with van der Waals surface area (Å²) in [6.07, 6.45) is 0.346. The number of methoxy groups -OCH3 is 1. The number of thiophene rings is 1. The molecule has 0 atom stereocenters. The van der Waals surface area contributed by atoms with Gasteiger partial charge in [-0.15, -0.1) is 0 Å². The second kappa shape index (κ2) is 5.71. The van der Waals surface area contributed by atoms with Crippen molar-refractivity contribution in [2.75, 3.05) is 18.2 Å². The number of hydrogen-bond donors (Lipinski definition) is 2. The van der Waals surface area contributed by atoms with Gasteiger partial charge in [0.25, 0.3) is 0 Å². The number of amides is 1. The van der Waals surface area contributed by atoms with E-state index in [1.54, 1.807) is 24.5 Å². The van der Waals surface area contributed by atoms with Gasteiger partial charge in [0.1, 0.15) is 11.3 Å². The number of anilines is 2. The van der Waals surface area contributed by atoms with Crippen LogP contribution in [-0.4, -0.2) is 18.0 Å². The Kier molecular flexibility index (Phi) is 3.76. The number of benzene rings is 1. The van der Waals surface area contributed by atoms with E-state index in [2.05, 4.69) is 10.3 Å². The van der Waals surface area contributed by atoms with E-state index in [-0.39, 0.29) is 5.91 Å². The second-order valence-electron chi connectivity index (χ2n) is 4.45. The molecule has 3 N–H and O–H groups in total. The summed E-state index contributed by atoms with van der Waals surface area (Å²) in [7, 11) is 1.57. The van der Waals surface area contributed by atoms with Gasteiger partial charge in [-0.3, -0.25) is 4.79 Å². The number of rotatable bonds is 4. The summed E-state index contributed by atoms with van der Waals surface area (Å²) in [5.74, 6) is 0.527. The predicted molar refractivity (Wildman–Crippen MR) is 87.2 cm³/mol. The first-order valence-corrected chi connectivity index (χ1v) is 7.96. The van der Waals surface area contributed by atoms with Gasteiger partial charge in [0, 0.05) is 11.8 Å². The van der Waals surface area contributed by atoms with E-state index in [0.717, 1.165) is 10.3 Å². The van der Waals surface area contributed by atoms with E-state index < -0.39 is 0 Å². The lowest BCUT2D eigenvalue weighted by Crippen LogP contribution is -2.13. The van der Waals surface area contributed by atoms with Crippen LogP contribution < -0.4 is 15.8 Å². The molecule has 0 radical (unpaired) electrons. The number of nitrogens with two attached hydrogens (primary N) is 1. The molecule has 0 spiro atoms. The number of carbonyl (C=O) groups excluding carboxylic acids is 1. The molecule has 21 heavy (non-hydrogen) atoms. The van der Waals surface area contributed by atoms with Gasteiger partial charge in [0.2, 0.25) is 5.91 Å². The average molecular weight is 319 g/mol. The fourth-order valence-electron chi connectivity index (χ4n) is 1.97. The van der Waals surface area contributed by atoms with Gasteiger partial charge >= 0.3 is 0 Å². The lowest BCUT2D eigenvalue weighted by molar-refractivity contribution is -0.115. The van der Waals surface area contributed by atoms with Crippen molar-refractivity contribution in [2.45, 2.75) is 6.42 Å². The van der Waals surface area contributed by atoms with Crippen LogP contribution in [0.3, 0.4) is 0 Å². The summed E-state index contributed by atoms with van der Waals surface area (Å²) in [5.41, 5.74) is 8.14. The van der Waals surface area contributed by atoms with Crippen LogP contribution in [0.5, 0.6) is 5.75 Å². The van der Waals surface area contributed by atoms with Gasteiger partial charge in [0.15, 0.2) is 5.13 Å². The number of nitrogen functional groups attached to an aromatic ring is 1. The van der Waals surface area contributed by atoms with E-state index >= 15 is 0 Å². The minimum absolute atomic E-state index is 0.0839. The number of aromatic nitrogens is 1. The van der Waals surface area contributed by atoms with E-state index in [1.165, 1.54) is 11.3 Å². The highest BCUT2D eigenvalue weighted by Crippen LogP contribution is 2.34. The van der Waals surface area contributed by atoms with Gasteiger partial charge in [0.05, 0.1) is 18.2 Å². The smallest absolute Gasteiger partial charge is 0.230 e. The van der Waals surface area contributed by atoms with E-state index in [4.69, 9.17) is 10.5 Å². The first kappa shape index (κ1) is 13.8. The van der Waals surface area contributed by atoms with Crippen LogP contribution in [0.15, 0.2) is 29.0 Å². The van der Waals surface area contributed by atoms with Crippen LogP contribution in [0.4, 0.5) is 10.8 Å². The topological polar surface area (TPSA) is 77.2 Å². The van der Waals surface area contributed by atoms with Crippen molar-refractivity contribution in [2.24, 2.45) is 0 Å². The minimum atomic E-state index is -0.0839. The Morgan fingerprint density at radius 3 is 3.05 bits per heavy atom. The zero-order valence-corrected chi connectivity index (χ0v) is 12.9. The third kappa shape index (κ3) is 2.98. The first-order chi connectivity index (χ1) is 10.2. The molecule has 1 aromatic carbocycles. The molecular formula is C14H13N3O2S2. The molecule has 0 fully saturated rings. The molecule has 0 aliphatic carbocycles. The SMILES string of the molecule is COc1cc(N)cc2sc(NC(=O)Cc3ccsc3)nc12. The summed E-state index contributed by atoms with van der Waals surface area (Å²) < 4.78 is 6.15. The van der Waals surface area contributed by atoms with Crippen molar-refractivity contribution < 1.29 is 9.53 Å². The first-order valence-electron chi connectivity index (χ1n) is 6.20. The Morgan fingerprint density at radius 1 is 1.48 bits per heavy atom. The number of nitrogens with zero attached hydrogens (tertiary/aromatic N) is 1. The Morgan fingerprint density at radius 2 is 2.33 bits per heavy atom. The molecule has 0 saturated heterocycles. The molecule has 5 nitrogen and oxygen atoms in total. The summed E-state index contributed by atoms with van der Waals surface area (Å²) in [6.45, 7) is 0. The van der Waals surface area contributed by atoms with Crippen molar-refractivity contribution in [1.82, 2.24) is 4.98 Å². The lowest BCUT2D eigenvalue weighted by atomic mass is 10.2. The standard InChI is InChI=1S/C14H13N3O2S2/c1-19-10-5-9(15)6-11-13(10)17-14(21-11)16-12(18)4-8-2-3-20-7-8/h2-3,5-7H,4,15H2,1H3,(H,16,17,18). The molecule has 0 aliphatic rings. The van der Waals surface area contributed by atoms with Crippen LogP contribution in [0, 0.1) is 0 Å². The zero-order chi connectivity index (χ0) is 14.8. The quantitative estimate of drug-likeness (QED) is 0.724. The maximum Gasteiger partial charge on any atom is 0.230 e. The Labute approximate surface area is 129 Å².